The molecule has 55 heavy (non-hydrogen) atoms. The second kappa shape index (κ2) is 21.8. The van der Waals surface area contributed by atoms with Crippen molar-refractivity contribution in [1.29, 1.82) is 0 Å². The van der Waals surface area contributed by atoms with Crippen LogP contribution in [-0.2, 0) is 17.6 Å². The molecule has 0 amide bonds. The normalized spacial score (nSPS) is 15.4. The van der Waals surface area contributed by atoms with Crippen molar-refractivity contribution < 1.29 is 52.0 Å². The van der Waals surface area contributed by atoms with E-state index >= 15 is 0 Å². The Morgan fingerprint density at radius 1 is 0.709 bits per heavy atom. The predicted molar refractivity (Wildman–Crippen MR) is 200 cm³/mol. The van der Waals surface area contributed by atoms with Gasteiger partial charge in [0.15, 0.2) is 23.0 Å². The molecule has 292 valence electrons. The molecule has 0 radical (unpaired) electrons. The van der Waals surface area contributed by atoms with Gasteiger partial charge in [-0.1, -0.05) is 25.0 Å². The monoisotopic (exact) mass is 984 g/mol. The van der Waals surface area contributed by atoms with E-state index in [-0.39, 0.29) is 34.7 Å². The van der Waals surface area contributed by atoms with Crippen molar-refractivity contribution >= 4 is 12.4 Å². The molecule has 2 atom stereocenters. The molecule has 1 fully saturated rings. The number of H-pyrrole nitrogens is 2. The van der Waals surface area contributed by atoms with Crippen LogP contribution in [0.2, 0.25) is 0 Å². The maximum absolute atomic E-state index is 12.0. The summed E-state index contributed by atoms with van der Waals surface area (Å²) in [6, 6.07) is 10.3. The number of ether oxygens (including phenoxy) is 2. The molecule has 0 spiro atoms. The number of rotatable bonds is 16. The number of phenolic OH excluding ortho intramolecular Hbond substituents is 2. The van der Waals surface area contributed by atoms with Crippen LogP contribution < -0.4 is 32.0 Å². The van der Waals surface area contributed by atoms with Crippen LogP contribution in [0, 0.1) is 41.7 Å². The number of hydrogen-bond donors (Lipinski definition) is 4. The zero-order chi connectivity index (χ0) is 39.7. The average Bonchev–Trinajstić information content (AvgIpc) is 3.16. The van der Waals surface area contributed by atoms with E-state index in [2.05, 4.69) is 9.97 Å². The molecular formula is C38H46N6O10U. The number of aliphatic imine (C=N–C) groups is 2. The summed E-state index contributed by atoms with van der Waals surface area (Å²) in [6.07, 6.45) is 12.7. The second-order valence-electron chi connectivity index (χ2n) is 13.1. The van der Waals surface area contributed by atoms with Crippen LogP contribution >= 0.6 is 0 Å². The Hall–Kier alpha value is -5.01. The molecule has 0 saturated heterocycles. The first-order valence-electron chi connectivity index (χ1n) is 18.1. The van der Waals surface area contributed by atoms with E-state index in [1.165, 1.54) is 9.13 Å². The predicted octanol–water partition coefficient (Wildman–Crippen LogP) is 3.74. The molecule has 0 unspecified atom stereocenters. The molecular weight excluding hydrogens is 938 g/mol. The molecule has 4 aromatic rings. The topological polar surface area (TPSA) is 227 Å². The molecule has 4 N–H and O–H groups in total. The van der Waals surface area contributed by atoms with E-state index in [4.69, 9.17) is 23.9 Å². The van der Waals surface area contributed by atoms with Crippen LogP contribution in [0.5, 0.6) is 23.0 Å². The summed E-state index contributed by atoms with van der Waals surface area (Å²) in [4.78, 5) is 61.3. The van der Waals surface area contributed by atoms with Gasteiger partial charge in [-0.15, -0.1) is 0 Å². The Balaban J connectivity index is 0.00000217. The number of hydrogen-bond acceptors (Lipinski definition) is 12. The standard InChI is InChI=1S/C38H46N6O8.2O.U/c1-25-23-43(37(49)41-35(25)47)17-5-7-19-51-31-15-9-11-27(33(31)45)21-39-29-13-3-4-14-30(29)40-22-28-12-10-16-32(34(28)46)52-20-8-6-18-44-24-26(2)36(48)42-38(44)50;;;/h9-12,15-16,21-24,29-30,45-46H,3-8,13-14,17-20H2,1-2H3,(H,41,47,49)(H,42,48,50);;;/t29-,30+;;;. The van der Waals surface area contributed by atoms with E-state index in [9.17, 15) is 29.4 Å². The van der Waals surface area contributed by atoms with Gasteiger partial charge in [0.1, 0.15) is 0 Å². The van der Waals surface area contributed by atoms with Crippen molar-refractivity contribution in [3.8, 4) is 23.0 Å². The number of aromatic amines is 2. The summed E-state index contributed by atoms with van der Waals surface area (Å²) in [6.45, 7) is 4.86. The molecule has 1 saturated carbocycles. The van der Waals surface area contributed by atoms with Crippen LogP contribution in [0.1, 0.15) is 73.6 Å². The molecule has 17 heteroatoms. The van der Waals surface area contributed by atoms with Gasteiger partial charge in [0.05, 0.1) is 25.3 Å². The molecule has 0 bridgehead atoms. The van der Waals surface area contributed by atoms with Crippen molar-refractivity contribution in [2.45, 2.75) is 90.4 Å². The van der Waals surface area contributed by atoms with Crippen LogP contribution in [0.4, 0.5) is 0 Å². The van der Waals surface area contributed by atoms with Crippen molar-refractivity contribution in [1.82, 2.24) is 19.1 Å². The number of aryl methyl sites for hydroxylation is 4. The van der Waals surface area contributed by atoms with Gasteiger partial charge in [0, 0.05) is 60.2 Å². The van der Waals surface area contributed by atoms with Crippen molar-refractivity contribution in [3.63, 3.8) is 0 Å². The van der Waals surface area contributed by atoms with Gasteiger partial charge < -0.3 is 28.8 Å². The number of unbranched alkanes of at least 4 members (excludes halogenated alkanes) is 2. The SMILES string of the molecule is Cc1cn(CCCCOc2cccc(C=N[C@H]3CCCC[C@H]3N=Cc3cccc(OCCCCn4cc(C)c(=O)[nH]c4=O)c3O)c2O)c(=O)[nH]c1=O.[O]=[U]=[O]. The third-order valence-corrected chi connectivity index (χ3v) is 9.04. The average molecular weight is 985 g/mol. The number of nitrogens with one attached hydrogen (secondary N) is 2. The summed E-state index contributed by atoms with van der Waals surface area (Å²) >= 11 is -2.51. The van der Waals surface area contributed by atoms with Crippen LogP contribution in [0.25, 0.3) is 0 Å². The minimum absolute atomic E-state index is 0.00302. The van der Waals surface area contributed by atoms with Gasteiger partial charge >= 0.3 is 43.7 Å². The number of para-hydroxylation sites is 2. The number of phenols is 2. The van der Waals surface area contributed by atoms with Gasteiger partial charge in [-0.2, -0.15) is 0 Å². The molecule has 0 aliphatic heterocycles. The Kier molecular flexibility index (Phi) is 16.9. The molecule has 16 nitrogen and oxygen atoms in total. The van der Waals surface area contributed by atoms with E-state index in [0.717, 1.165) is 25.7 Å². The third kappa shape index (κ3) is 12.8. The first-order chi connectivity index (χ1) is 26.5. The zero-order valence-corrected chi connectivity index (χ0v) is 35.0. The summed E-state index contributed by atoms with van der Waals surface area (Å²) in [7, 11) is 0. The fraction of sp³-hybridized carbons (Fsp3) is 0.421. The van der Waals surface area contributed by atoms with E-state index in [0.29, 0.717) is 85.7 Å². The Morgan fingerprint density at radius 2 is 1.11 bits per heavy atom. The molecule has 1 aliphatic carbocycles. The number of aromatic hydroxyl groups is 2. The van der Waals surface area contributed by atoms with E-state index in [1.807, 2.05) is 0 Å². The summed E-state index contributed by atoms with van der Waals surface area (Å²) in [5.41, 5.74) is 0.366. The molecule has 2 aromatic heterocycles. The van der Waals surface area contributed by atoms with Crippen molar-refractivity contribution in [3.05, 3.63) is 113 Å². The fourth-order valence-electron chi connectivity index (χ4n) is 6.01. The van der Waals surface area contributed by atoms with Gasteiger partial charge in [-0.3, -0.25) is 29.5 Å². The van der Waals surface area contributed by atoms with Crippen molar-refractivity contribution in [2.24, 2.45) is 9.98 Å². The number of nitrogens with zero attached hydrogens (tertiary/aromatic N) is 4. The minimum atomic E-state index is -2.51. The van der Waals surface area contributed by atoms with E-state index in [1.54, 1.807) is 75.1 Å². The molecule has 2 heterocycles. The Labute approximate surface area is 331 Å². The Morgan fingerprint density at radius 3 is 1.51 bits per heavy atom. The quantitative estimate of drug-likeness (QED) is 0.0940. The van der Waals surface area contributed by atoms with Crippen LogP contribution in [0.3, 0.4) is 0 Å². The van der Waals surface area contributed by atoms with Gasteiger partial charge in [-0.05, 0) is 76.6 Å². The summed E-state index contributed by atoms with van der Waals surface area (Å²) in [5, 5.41) is 21.8. The van der Waals surface area contributed by atoms with Crippen LogP contribution in [-0.4, -0.2) is 67.0 Å². The number of aromatic nitrogens is 4. The van der Waals surface area contributed by atoms with E-state index < -0.39 is 39.2 Å². The number of benzene rings is 2. The zero-order valence-electron chi connectivity index (χ0n) is 30.9. The fourth-order valence-corrected chi connectivity index (χ4v) is 6.01. The summed E-state index contributed by atoms with van der Waals surface area (Å²) in [5.74, 6) is 0.681. The summed E-state index contributed by atoms with van der Waals surface area (Å²) < 4.78 is 31.8. The third-order valence-electron chi connectivity index (χ3n) is 9.04. The molecule has 2 aromatic carbocycles. The van der Waals surface area contributed by atoms with Gasteiger partial charge in [-0.25, -0.2) is 9.59 Å². The molecule has 1 aliphatic rings. The maximum atomic E-state index is 12.0. The Bertz CT molecular complexity index is 2090. The van der Waals surface area contributed by atoms with Crippen molar-refractivity contribution in [2.75, 3.05) is 13.2 Å². The first kappa shape index (κ1) is 42.7. The van der Waals surface area contributed by atoms with Gasteiger partial charge in [0.2, 0.25) is 0 Å². The molecule has 5 rings (SSSR count). The second-order valence-corrected chi connectivity index (χ2v) is 13.8. The van der Waals surface area contributed by atoms with Gasteiger partial charge in [0.25, 0.3) is 11.1 Å². The first-order valence-corrected chi connectivity index (χ1v) is 21.5. The van der Waals surface area contributed by atoms with Crippen LogP contribution in [0.15, 0.2) is 78.0 Å².